The fourth-order valence-corrected chi connectivity index (χ4v) is 4.56. The van der Waals surface area contributed by atoms with Gasteiger partial charge in [-0.1, -0.05) is 18.2 Å². The van der Waals surface area contributed by atoms with Gasteiger partial charge in [-0.15, -0.1) is 11.3 Å². The Kier molecular flexibility index (Phi) is 6.01. The van der Waals surface area contributed by atoms with Gasteiger partial charge in [0.15, 0.2) is 0 Å². The summed E-state index contributed by atoms with van der Waals surface area (Å²) in [5.74, 6) is 0.761. The van der Waals surface area contributed by atoms with E-state index in [1.165, 1.54) is 0 Å². The number of ether oxygens (including phenoxy) is 1. The van der Waals surface area contributed by atoms with Crippen molar-refractivity contribution < 1.29 is 9.53 Å². The van der Waals surface area contributed by atoms with Gasteiger partial charge in [-0.2, -0.15) is 0 Å². The number of thiophene rings is 1. The molecule has 0 aliphatic heterocycles. The maximum absolute atomic E-state index is 12.8. The number of aromatic nitrogens is 1. The van der Waals surface area contributed by atoms with Gasteiger partial charge in [0.25, 0.3) is 5.91 Å². The number of amides is 1. The van der Waals surface area contributed by atoms with Crippen LogP contribution in [0.4, 0.5) is 0 Å². The van der Waals surface area contributed by atoms with Gasteiger partial charge in [0, 0.05) is 24.0 Å². The van der Waals surface area contributed by atoms with Crippen molar-refractivity contribution in [3.05, 3.63) is 51.4 Å². The Morgan fingerprint density at radius 2 is 2.12 bits per heavy atom. The highest BCUT2D eigenvalue weighted by Gasteiger charge is 2.19. The van der Waals surface area contributed by atoms with E-state index in [9.17, 15) is 4.79 Å². The number of rotatable bonds is 7. The molecule has 1 amide bonds. The third-order valence-electron chi connectivity index (χ3n) is 4.18. The smallest absolute Gasteiger partial charge is 0.268 e. The van der Waals surface area contributed by atoms with E-state index in [1.807, 2.05) is 49.3 Å². The summed E-state index contributed by atoms with van der Waals surface area (Å²) < 4.78 is 9.62. The Balaban J connectivity index is 1.96. The molecule has 2 aromatic heterocycles. The number of carbonyl (C=O) groups excluding carboxylic acids is 1. The Bertz CT molecular complexity index is 917. The Labute approximate surface area is 165 Å². The van der Waals surface area contributed by atoms with Crippen LogP contribution >= 0.6 is 27.3 Å². The summed E-state index contributed by atoms with van der Waals surface area (Å²) in [6.45, 7) is 1.98. The van der Waals surface area contributed by atoms with Crippen molar-refractivity contribution in [2.24, 2.45) is 0 Å². The molecule has 2 heterocycles. The van der Waals surface area contributed by atoms with E-state index in [0.717, 1.165) is 32.5 Å². The molecule has 0 atom stereocenters. The number of carbonyl (C=O) groups is 1. The number of benzene rings is 1. The average Bonchev–Trinajstić information content (AvgIpc) is 3.15. The van der Waals surface area contributed by atoms with Gasteiger partial charge in [-0.05, 0) is 42.2 Å². The van der Waals surface area contributed by atoms with E-state index in [1.54, 1.807) is 18.4 Å². The molecule has 3 rings (SSSR count). The lowest BCUT2D eigenvalue weighted by molar-refractivity contribution is 0.0942. The topological polar surface area (TPSA) is 46.5 Å². The predicted octanol–water partition coefficient (Wildman–Crippen LogP) is 3.81. The van der Waals surface area contributed by atoms with Gasteiger partial charge in [0.05, 0.1) is 28.3 Å². The molecule has 1 aromatic carbocycles. The molecule has 0 spiro atoms. The molecular weight excluding hydrogens is 414 g/mol. The van der Waals surface area contributed by atoms with E-state index >= 15 is 0 Å². The molecule has 0 fully saturated rings. The number of para-hydroxylation sites is 1. The van der Waals surface area contributed by atoms with E-state index in [2.05, 4.69) is 31.2 Å². The van der Waals surface area contributed by atoms with E-state index < -0.39 is 0 Å². The monoisotopic (exact) mass is 435 g/mol. The molecular formula is C19H22BrN3O2S. The molecule has 0 radical (unpaired) electrons. The van der Waals surface area contributed by atoms with Crippen molar-refractivity contribution >= 4 is 43.4 Å². The Morgan fingerprint density at radius 1 is 1.35 bits per heavy atom. The van der Waals surface area contributed by atoms with Crippen molar-refractivity contribution in [3.63, 3.8) is 0 Å². The summed E-state index contributed by atoms with van der Waals surface area (Å²) in [7, 11) is 5.65. The molecule has 0 unspecified atom stereocenters. The highest BCUT2D eigenvalue weighted by Crippen LogP contribution is 2.34. The van der Waals surface area contributed by atoms with Gasteiger partial charge in [0.1, 0.15) is 11.4 Å². The number of nitrogens with one attached hydrogen (secondary N) is 1. The van der Waals surface area contributed by atoms with Crippen LogP contribution in [0.5, 0.6) is 5.75 Å². The van der Waals surface area contributed by atoms with Crippen LogP contribution < -0.4 is 10.1 Å². The SMILES string of the molecule is COc1ccccc1Cn1c(C(=O)NCCN(C)C)cc2scc(Br)c21. The number of nitrogens with zero attached hydrogens (tertiary/aromatic N) is 2. The largest absolute Gasteiger partial charge is 0.496 e. The van der Waals surface area contributed by atoms with Crippen LogP contribution in [-0.2, 0) is 6.54 Å². The zero-order valence-corrected chi connectivity index (χ0v) is 17.5. The number of fused-ring (bicyclic) bond motifs is 1. The first kappa shape index (κ1) is 18.9. The molecule has 5 nitrogen and oxygen atoms in total. The number of hydrogen-bond donors (Lipinski definition) is 1. The summed E-state index contributed by atoms with van der Waals surface area (Å²) in [5.41, 5.74) is 2.74. The number of halogens is 1. The summed E-state index contributed by atoms with van der Waals surface area (Å²) in [6.07, 6.45) is 0. The summed E-state index contributed by atoms with van der Waals surface area (Å²) in [5, 5.41) is 5.06. The first-order valence-corrected chi connectivity index (χ1v) is 9.99. The minimum atomic E-state index is -0.0583. The highest BCUT2D eigenvalue weighted by atomic mass is 79.9. The van der Waals surface area contributed by atoms with Crippen LogP contribution in [0, 0.1) is 0 Å². The van der Waals surface area contributed by atoms with Crippen LogP contribution in [0.3, 0.4) is 0 Å². The van der Waals surface area contributed by atoms with Crippen LogP contribution in [0.25, 0.3) is 10.2 Å². The first-order valence-electron chi connectivity index (χ1n) is 8.32. The zero-order valence-electron chi connectivity index (χ0n) is 15.1. The molecule has 0 bridgehead atoms. The Hall–Kier alpha value is -1.83. The lowest BCUT2D eigenvalue weighted by Gasteiger charge is -2.14. The minimum absolute atomic E-state index is 0.0583. The molecule has 0 aliphatic rings. The normalized spacial score (nSPS) is 11.3. The van der Waals surface area contributed by atoms with E-state index in [-0.39, 0.29) is 5.91 Å². The average molecular weight is 436 g/mol. The lowest BCUT2D eigenvalue weighted by atomic mass is 10.2. The molecule has 138 valence electrons. The number of methoxy groups -OCH3 is 1. The summed E-state index contributed by atoms with van der Waals surface area (Å²) in [4.78, 5) is 14.8. The van der Waals surface area contributed by atoms with Crippen molar-refractivity contribution in [2.45, 2.75) is 6.54 Å². The quantitative estimate of drug-likeness (QED) is 0.613. The van der Waals surface area contributed by atoms with E-state index in [0.29, 0.717) is 18.8 Å². The molecule has 1 N–H and O–H groups in total. The number of likely N-dealkylation sites (N-methyl/N-ethyl adjacent to an activating group) is 1. The molecule has 3 aromatic rings. The predicted molar refractivity (Wildman–Crippen MR) is 110 cm³/mol. The van der Waals surface area contributed by atoms with Crippen molar-refractivity contribution in [3.8, 4) is 5.75 Å². The zero-order chi connectivity index (χ0) is 18.7. The van der Waals surface area contributed by atoms with Crippen molar-refractivity contribution in [1.29, 1.82) is 0 Å². The van der Waals surface area contributed by atoms with Gasteiger partial charge < -0.3 is 19.5 Å². The van der Waals surface area contributed by atoms with Crippen molar-refractivity contribution in [1.82, 2.24) is 14.8 Å². The van der Waals surface area contributed by atoms with Gasteiger partial charge in [-0.3, -0.25) is 4.79 Å². The maximum Gasteiger partial charge on any atom is 0.268 e. The van der Waals surface area contributed by atoms with Gasteiger partial charge in [-0.25, -0.2) is 0 Å². The third kappa shape index (κ3) is 3.95. The van der Waals surface area contributed by atoms with Crippen LogP contribution in [-0.4, -0.2) is 49.7 Å². The van der Waals surface area contributed by atoms with Crippen LogP contribution in [0.2, 0.25) is 0 Å². The number of hydrogen-bond acceptors (Lipinski definition) is 4. The van der Waals surface area contributed by atoms with E-state index in [4.69, 9.17) is 4.74 Å². The van der Waals surface area contributed by atoms with Crippen LogP contribution in [0.15, 0.2) is 40.2 Å². The standard InChI is InChI=1S/C19H22BrN3O2S/c1-22(2)9-8-21-19(24)15-10-17-18(14(20)12-26-17)23(15)11-13-6-4-5-7-16(13)25-3/h4-7,10,12H,8-9,11H2,1-3H3,(H,21,24). The minimum Gasteiger partial charge on any atom is -0.496 e. The molecule has 0 saturated carbocycles. The van der Waals surface area contributed by atoms with Gasteiger partial charge >= 0.3 is 0 Å². The highest BCUT2D eigenvalue weighted by molar-refractivity contribution is 9.10. The summed E-state index contributed by atoms with van der Waals surface area (Å²) >= 11 is 5.25. The summed E-state index contributed by atoms with van der Waals surface area (Å²) in [6, 6.07) is 9.86. The second kappa shape index (κ2) is 8.24. The fraction of sp³-hybridized carbons (Fsp3) is 0.316. The second-order valence-corrected chi connectivity index (χ2v) is 8.05. The first-order chi connectivity index (χ1) is 12.5. The van der Waals surface area contributed by atoms with Crippen molar-refractivity contribution in [2.75, 3.05) is 34.3 Å². The second-order valence-electron chi connectivity index (χ2n) is 6.28. The lowest BCUT2D eigenvalue weighted by Crippen LogP contribution is -2.32. The van der Waals surface area contributed by atoms with Gasteiger partial charge in [0.2, 0.25) is 0 Å². The molecule has 0 saturated heterocycles. The third-order valence-corrected chi connectivity index (χ3v) is 6.00. The molecule has 26 heavy (non-hydrogen) atoms. The molecule has 0 aliphatic carbocycles. The fourth-order valence-electron chi connectivity index (χ4n) is 2.87. The maximum atomic E-state index is 12.8. The Morgan fingerprint density at radius 3 is 2.85 bits per heavy atom. The molecule has 7 heteroatoms. The van der Waals surface area contributed by atoms with Crippen LogP contribution in [0.1, 0.15) is 16.1 Å².